The molecule has 8 heteroatoms. The van der Waals surface area contributed by atoms with Gasteiger partial charge in [-0.1, -0.05) is 25.3 Å². The van der Waals surface area contributed by atoms with Crippen molar-refractivity contribution in [2.75, 3.05) is 18.0 Å². The third-order valence-corrected chi connectivity index (χ3v) is 5.77. The summed E-state index contributed by atoms with van der Waals surface area (Å²) in [6.07, 6.45) is 7.58. The summed E-state index contributed by atoms with van der Waals surface area (Å²) in [5.41, 5.74) is 0.171. The molecule has 0 atom stereocenters. The molecule has 0 bridgehead atoms. The van der Waals surface area contributed by atoms with Gasteiger partial charge in [0, 0.05) is 18.5 Å². The minimum atomic E-state index is -0.447. The van der Waals surface area contributed by atoms with Crippen molar-refractivity contribution in [2.45, 2.75) is 56.5 Å². The summed E-state index contributed by atoms with van der Waals surface area (Å²) in [6.45, 7) is 1.90. The molecule has 0 radical (unpaired) electrons. The minimum absolute atomic E-state index is 0. The van der Waals surface area contributed by atoms with Crippen LogP contribution in [0.5, 0.6) is 0 Å². The number of hydrogen-bond donors (Lipinski definition) is 2. The van der Waals surface area contributed by atoms with Gasteiger partial charge >= 0.3 is 6.03 Å². The number of carbonyl (C=O) groups is 1. The van der Waals surface area contributed by atoms with Crippen LogP contribution in [0.1, 0.15) is 44.9 Å². The van der Waals surface area contributed by atoms with E-state index in [0.29, 0.717) is 11.7 Å². The number of hydrogen-bond acceptors (Lipinski definition) is 2. The van der Waals surface area contributed by atoms with Crippen LogP contribution in [-0.2, 0) is 0 Å². The van der Waals surface area contributed by atoms with Crippen LogP contribution in [0.2, 0.25) is 0 Å². The summed E-state index contributed by atoms with van der Waals surface area (Å²) in [4.78, 5) is 19.6. The second kappa shape index (κ2) is 9.22. The number of nitrogens with zero attached hydrogens (tertiary/aromatic N) is 2. The molecule has 3 fully saturated rings. The van der Waals surface area contributed by atoms with E-state index in [4.69, 9.17) is 4.99 Å². The van der Waals surface area contributed by atoms with Gasteiger partial charge < -0.3 is 5.32 Å². The number of nitrogens with one attached hydrogen (secondary N) is 1. The standard InChI is InChI=1S/C19H25FN4O.2ClH/c20-14-5-4-8-16(13-14)24-18(25)23-17(19(24)9-11-21-12-10-19)22-15-6-2-1-3-7-15;;/h4-5,8,13,15,21H,1-3,6-7,9-12H2,(H,22,23,25);2*1H/p+1. The van der Waals surface area contributed by atoms with Gasteiger partial charge in [-0.05, 0) is 31.0 Å². The Morgan fingerprint density at radius 3 is 2.52 bits per heavy atom. The second-order valence-electron chi connectivity index (χ2n) is 7.41. The summed E-state index contributed by atoms with van der Waals surface area (Å²) in [5.74, 6) is 0.488. The van der Waals surface area contributed by atoms with Crippen molar-refractivity contribution in [2.24, 2.45) is 4.99 Å². The highest BCUT2D eigenvalue weighted by molar-refractivity contribution is 6.19. The van der Waals surface area contributed by atoms with Crippen molar-refractivity contribution in [3.05, 3.63) is 30.1 Å². The number of anilines is 1. The second-order valence-corrected chi connectivity index (χ2v) is 7.41. The van der Waals surface area contributed by atoms with Crippen LogP contribution in [0, 0.1) is 5.82 Å². The maximum absolute atomic E-state index is 13.8. The van der Waals surface area contributed by atoms with E-state index in [1.54, 1.807) is 11.0 Å². The average molecular weight is 418 g/mol. The molecule has 27 heavy (non-hydrogen) atoms. The maximum atomic E-state index is 13.8. The lowest BCUT2D eigenvalue weighted by atomic mass is 9.85. The number of piperidine rings is 1. The normalized spacial score (nSPS) is 23.7. The highest BCUT2D eigenvalue weighted by Gasteiger charge is 2.53. The molecule has 1 aliphatic carbocycles. The van der Waals surface area contributed by atoms with E-state index >= 15 is 0 Å². The van der Waals surface area contributed by atoms with E-state index in [1.165, 1.54) is 31.4 Å². The maximum Gasteiger partial charge on any atom is 0.328 e. The quantitative estimate of drug-likeness (QED) is 0.762. The Labute approximate surface area is 172 Å². The number of quaternary nitrogens is 1. The number of carbonyl (C=O) groups excluding carboxylic acids is 1. The monoisotopic (exact) mass is 417 g/mol. The van der Waals surface area contributed by atoms with Gasteiger partial charge in [0.05, 0.1) is 19.1 Å². The Morgan fingerprint density at radius 2 is 1.85 bits per heavy atom. The van der Waals surface area contributed by atoms with E-state index in [-0.39, 0.29) is 36.7 Å². The third-order valence-electron chi connectivity index (χ3n) is 5.77. The predicted octanol–water partition coefficient (Wildman–Crippen LogP) is 3.03. The molecule has 1 spiro atoms. The van der Waals surface area contributed by atoms with Crippen LogP contribution < -0.4 is 15.5 Å². The zero-order valence-corrected chi connectivity index (χ0v) is 17.0. The van der Waals surface area contributed by atoms with Gasteiger partial charge in [0.2, 0.25) is 0 Å². The fourth-order valence-corrected chi connectivity index (χ4v) is 4.51. The highest BCUT2D eigenvalue weighted by Crippen LogP contribution is 2.36. The zero-order chi connectivity index (χ0) is 17.3. The molecular formula is C19H28Cl2FN4O+. The number of benzene rings is 1. The largest absolute Gasteiger partial charge is 0.346 e. The van der Waals surface area contributed by atoms with Crippen molar-refractivity contribution in [1.82, 2.24) is 5.32 Å². The molecule has 2 aliphatic heterocycles. The number of rotatable bonds is 2. The lowest BCUT2D eigenvalue weighted by Gasteiger charge is -2.39. The van der Waals surface area contributed by atoms with Crippen LogP contribution in [-0.4, -0.2) is 36.5 Å². The number of nitrogens with two attached hydrogens (primary N) is 1. The third kappa shape index (κ3) is 4.23. The van der Waals surface area contributed by atoms with Crippen molar-refractivity contribution in [3.8, 4) is 0 Å². The molecule has 2 heterocycles. The predicted molar refractivity (Wildman–Crippen MR) is 110 cm³/mol. The van der Waals surface area contributed by atoms with Gasteiger partial charge in [0.15, 0.2) is 0 Å². The molecule has 1 saturated carbocycles. The molecule has 3 N–H and O–H groups in total. The molecule has 2 saturated heterocycles. The van der Waals surface area contributed by atoms with Crippen LogP contribution in [0.15, 0.2) is 29.3 Å². The first kappa shape index (κ1) is 21.9. The van der Waals surface area contributed by atoms with E-state index in [2.05, 4.69) is 10.6 Å². The first-order chi connectivity index (χ1) is 12.2. The number of halogens is 3. The molecule has 2 amide bonds. The van der Waals surface area contributed by atoms with Crippen LogP contribution in [0.3, 0.4) is 0 Å². The smallest absolute Gasteiger partial charge is 0.328 e. The molecule has 5 nitrogen and oxygen atoms in total. The molecule has 3 aliphatic rings. The van der Waals surface area contributed by atoms with Gasteiger partial charge in [-0.25, -0.2) is 9.18 Å². The lowest BCUT2D eigenvalue weighted by molar-refractivity contribution is -0.663. The topological polar surface area (TPSA) is 61.3 Å². The highest BCUT2D eigenvalue weighted by atomic mass is 35.5. The summed E-state index contributed by atoms with van der Waals surface area (Å²) in [5, 5.41) is 5.30. The van der Waals surface area contributed by atoms with Crippen LogP contribution in [0.4, 0.5) is 14.9 Å². The number of aliphatic imine (C=N–C) groups is 1. The Kier molecular flexibility index (Phi) is 7.48. The lowest BCUT2D eigenvalue weighted by Crippen LogP contribution is -2.89. The van der Waals surface area contributed by atoms with Crippen molar-refractivity contribution < 1.29 is 14.5 Å². The molecule has 1 aromatic carbocycles. The summed E-state index contributed by atoms with van der Waals surface area (Å²) in [6, 6.07) is 6.46. The number of amidine groups is 1. The Hall–Kier alpha value is -1.37. The van der Waals surface area contributed by atoms with Crippen molar-refractivity contribution in [3.63, 3.8) is 0 Å². The molecular weight excluding hydrogens is 390 g/mol. The van der Waals surface area contributed by atoms with E-state index < -0.39 is 5.54 Å². The first-order valence-corrected chi connectivity index (χ1v) is 9.46. The average Bonchev–Trinajstić information content (AvgIpc) is 2.87. The SMILES string of the molecule is Cl.Cl.O=C1NC(=NC2CCCCC2)C2(CC[NH2+]CC2)N1c1cccc(F)c1. The minimum Gasteiger partial charge on any atom is -0.346 e. The van der Waals surface area contributed by atoms with Crippen LogP contribution >= 0.6 is 24.8 Å². The van der Waals surface area contributed by atoms with E-state index in [9.17, 15) is 9.18 Å². The van der Waals surface area contributed by atoms with Gasteiger partial charge in [0.25, 0.3) is 0 Å². The Bertz CT molecular complexity index is 688. The number of urea groups is 1. The first-order valence-electron chi connectivity index (χ1n) is 9.46. The summed E-state index contributed by atoms with van der Waals surface area (Å²) >= 11 is 0. The van der Waals surface area contributed by atoms with Gasteiger partial charge in [0.1, 0.15) is 17.2 Å². The van der Waals surface area contributed by atoms with Gasteiger partial charge in [-0.2, -0.15) is 0 Å². The summed E-state index contributed by atoms with van der Waals surface area (Å²) in [7, 11) is 0. The molecule has 0 unspecified atom stereocenters. The van der Waals surface area contributed by atoms with Crippen LogP contribution in [0.25, 0.3) is 0 Å². The number of amides is 2. The van der Waals surface area contributed by atoms with E-state index in [1.807, 2.05) is 6.07 Å². The Balaban J connectivity index is 0.00000131. The fraction of sp³-hybridized carbons (Fsp3) is 0.579. The van der Waals surface area contributed by atoms with E-state index in [0.717, 1.165) is 44.6 Å². The molecule has 1 aromatic rings. The van der Waals surface area contributed by atoms with Gasteiger partial charge in [-0.3, -0.25) is 15.2 Å². The molecule has 150 valence electrons. The molecule has 0 aromatic heterocycles. The fourth-order valence-electron chi connectivity index (χ4n) is 4.51. The zero-order valence-electron chi connectivity index (χ0n) is 15.3. The van der Waals surface area contributed by atoms with Gasteiger partial charge in [-0.15, -0.1) is 24.8 Å². The van der Waals surface area contributed by atoms with Crippen molar-refractivity contribution in [1.29, 1.82) is 0 Å². The molecule has 4 rings (SSSR count). The van der Waals surface area contributed by atoms with Crippen molar-refractivity contribution >= 4 is 42.4 Å². The Morgan fingerprint density at radius 1 is 1.15 bits per heavy atom. The summed E-state index contributed by atoms with van der Waals surface area (Å²) < 4.78 is 13.8.